The third-order valence-electron chi connectivity index (χ3n) is 5.64. The molecule has 2 fully saturated rings. The molecule has 1 N–H and O–H groups in total. The SMILES string of the molecule is C[C@@H](NC(=O)C1CCCCC1)C(=O)N1CCN(Cc2ccccc2)CC1. The molecule has 1 aromatic rings. The molecule has 26 heavy (non-hydrogen) atoms. The minimum Gasteiger partial charge on any atom is -0.344 e. The number of benzene rings is 1. The van der Waals surface area contributed by atoms with Gasteiger partial charge in [0.05, 0.1) is 0 Å². The van der Waals surface area contributed by atoms with Gasteiger partial charge in [-0.3, -0.25) is 14.5 Å². The Morgan fingerprint density at radius 2 is 1.69 bits per heavy atom. The average molecular weight is 357 g/mol. The summed E-state index contributed by atoms with van der Waals surface area (Å²) < 4.78 is 0. The maximum Gasteiger partial charge on any atom is 0.244 e. The van der Waals surface area contributed by atoms with E-state index >= 15 is 0 Å². The second-order valence-electron chi connectivity index (χ2n) is 7.65. The summed E-state index contributed by atoms with van der Waals surface area (Å²) in [6.07, 6.45) is 5.41. The van der Waals surface area contributed by atoms with E-state index < -0.39 is 6.04 Å². The van der Waals surface area contributed by atoms with E-state index in [-0.39, 0.29) is 17.7 Å². The van der Waals surface area contributed by atoms with Crippen LogP contribution in [0.3, 0.4) is 0 Å². The lowest BCUT2D eigenvalue weighted by atomic mass is 9.88. The smallest absolute Gasteiger partial charge is 0.244 e. The quantitative estimate of drug-likeness (QED) is 0.880. The van der Waals surface area contributed by atoms with Crippen LogP contribution in [0.5, 0.6) is 0 Å². The highest BCUT2D eigenvalue weighted by atomic mass is 16.2. The largest absolute Gasteiger partial charge is 0.344 e. The summed E-state index contributed by atoms with van der Waals surface area (Å²) in [5, 5.41) is 2.95. The first-order chi connectivity index (χ1) is 12.6. The maximum absolute atomic E-state index is 12.7. The van der Waals surface area contributed by atoms with Crippen LogP contribution in [0.2, 0.25) is 0 Å². The number of piperazine rings is 1. The van der Waals surface area contributed by atoms with Crippen LogP contribution >= 0.6 is 0 Å². The van der Waals surface area contributed by atoms with Gasteiger partial charge < -0.3 is 10.2 Å². The van der Waals surface area contributed by atoms with E-state index in [9.17, 15) is 9.59 Å². The number of hydrogen-bond donors (Lipinski definition) is 1. The van der Waals surface area contributed by atoms with Crippen molar-refractivity contribution in [1.82, 2.24) is 15.1 Å². The molecule has 0 unspecified atom stereocenters. The van der Waals surface area contributed by atoms with E-state index in [1.807, 2.05) is 17.9 Å². The van der Waals surface area contributed by atoms with Gasteiger partial charge in [-0.2, -0.15) is 0 Å². The highest BCUT2D eigenvalue weighted by molar-refractivity contribution is 5.88. The van der Waals surface area contributed by atoms with Crippen molar-refractivity contribution in [3.63, 3.8) is 0 Å². The van der Waals surface area contributed by atoms with Gasteiger partial charge in [0, 0.05) is 38.6 Å². The van der Waals surface area contributed by atoms with E-state index in [1.165, 1.54) is 12.0 Å². The Hall–Kier alpha value is -1.88. The number of nitrogens with one attached hydrogen (secondary N) is 1. The minimum atomic E-state index is -0.426. The van der Waals surface area contributed by atoms with Crippen molar-refractivity contribution in [2.45, 2.75) is 51.6 Å². The van der Waals surface area contributed by atoms with E-state index in [0.29, 0.717) is 0 Å². The van der Waals surface area contributed by atoms with Crippen molar-refractivity contribution < 1.29 is 9.59 Å². The van der Waals surface area contributed by atoms with Gasteiger partial charge in [-0.1, -0.05) is 49.6 Å². The monoisotopic (exact) mass is 357 g/mol. The minimum absolute atomic E-state index is 0.0496. The lowest BCUT2D eigenvalue weighted by Crippen LogP contribution is -2.54. The van der Waals surface area contributed by atoms with Gasteiger partial charge >= 0.3 is 0 Å². The Labute approximate surface area is 156 Å². The summed E-state index contributed by atoms with van der Waals surface area (Å²) >= 11 is 0. The van der Waals surface area contributed by atoms with Crippen molar-refractivity contribution in [1.29, 1.82) is 0 Å². The zero-order valence-corrected chi connectivity index (χ0v) is 15.8. The molecule has 3 rings (SSSR count). The second-order valence-corrected chi connectivity index (χ2v) is 7.65. The third-order valence-corrected chi connectivity index (χ3v) is 5.64. The predicted octanol–water partition coefficient (Wildman–Crippen LogP) is 2.42. The summed E-state index contributed by atoms with van der Waals surface area (Å²) in [7, 11) is 0. The Morgan fingerprint density at radius 1 is 1.04 bits per heavy atom. The molecule has 1 aliphatic carbocycles. The van der Waals surface area contributed by atoms with Gasteiger partial charge in [0.15, 0.2) is 0 Å². The molecule has 1 aromatic carbocycles. The molecule has 0 aromatic heterocycles. The molecular formula is C21H31N3O2. The number of carbonyl (C=O) groups excluding carboxylic acids is 2. The molecule has 1 saturated heterocycles. The molecule has 5 heteroatoms. The Balaban J connectivity index is 1.43. The first kappa shape index (κ1) is 18.9. The van der Waals surface area contributed by atoms with Gasteiger partial charge in [0.25, 0.3) is 0 Å². The lowest BCUT2D eigenvalue weighted by molar-refractivity contribution is -0.138. The van der Waals surface area contributed by atoms with Crippen LogP contribution in [0.4, 0.5) is 0 Å². The molecule has 1 heterocycles. The lowest BCUT2D eigenvalue weighted by Gasteiger charge is -2.36. The molecule has 1 atom stereocenters. The zero-order valence-electron chi connectivity index (χ0n) is 15.8. The Morgan fingerprint density at radius 3 is 2.35 bits per heavy atom. The predicted molar refractivity (Wildman–Crippen MR) is 102 cm³/mol. The molecule has 2 amide bonds. The molecule has 1 saturated carbocycles. The zero-order chi connectivity index (χ0) is 18.4. The van der Waals surface area contributed by atoms with E-state index in [2.05, 4.69) is 34.5 Å². The van der Waals surface area contributed by atoms with Gasteiger partial charge in [-0.25, -0.2) is 0 Å². The number of hydrogen-bond acceptors (Lipinski definition) is 3. The van der Waals surface area contributed by atoms with Crippen LogP contribution in [0.25, 0.3) is 0 Å². The fourth-order valence-electron chi connectivity index (χ4n) is 4.00. The van der Waals surface area contributed by atoms with E-state index in [1.54, 1.807) is 0 Å². The highest BCUT2D eigenvalue weighted by Crippen LogP contribution is 2.23. The molecule has 5 nitrogen and oxygen atoms in total. The highest BCUT2D eigenvalue weighted by Gasteiger charge is 2.28. The van der Waals surface area contributed by atoms with E-state index in [4.69, 9.17) is 0 Å². The fraction of sp³-hybridized carbons (Fsp3) is 0.619. The molecule has 0 spiro atoms. The van der Waals surface area contributed by atoms with Crippen molar-refractivity contribution >= 4 is 11.8 Å². The average Bonchev–Trinajstić information content (AvgIpc) is 2.69. The van der Waals surface area contributed by atoms with Gasteiger partial charge in [0.2, 0.25) is 11.8 Å². The van der Waals surface area contributed by atoms with Crippen LogP contribution in [-0.2, 0) is 16.1 Å². The first-order valence-corrected chi connectivity index (χ1v) is 9.99. The van der Waals surface area contributed by atoms with Crippen LogP contribution < -0.4 is 5.32 Å². The molecule has 1 aliphatic heterocycles. The van der Waals surface area contributed by atoms with E-state index in [0.717, 1.165) is 58.4 Å². The maximum atomic E-state index is 12.7. The summed E-state index contributed by atoms with van der Waals surface area (Å²) in [6, 6.07) is 10.0. The van der Waals surface area contributed by atoms with Crippen LogP contribution in [0, 0.1) is 5.92 Å². The van der Waals surface area contributed by atoms with Crippen molar-refractivity contribution in [2.24, 2.45) is 5.92 Å². The fourth-order valence-corrected chi connectivity index (χ4v) is 4.00. The number of rotatable bonds is 5. The van der Waals surface area contributed by atoms with Crippen molar-refractivity contribution in [3.05, 3.63) is 35.9 Å². The van der Waals surface area contributed by atoms with Crippen LogP contribution in [0.1, 0.15) is 44.6 Å². The summed E-state index contributed by atoms with van der Waals surface area (Å²) in [5.41, 5.74) is 1.31. The standard InChI is InChI=1S/C21H31N3O2/c1-17(22-20(25)19-10-6-3-7-11-19)21(26)24-14-12-23(13-15-24)16-18-8-4-2-5-9-18/h2,4-5,8-9,17,19H,3,6-7,10-16H2,1H3,(H,22,25)/t17-/m1/s1. The first-order valence-electron chi connectivity index (χ1n) is 9.99. The number of nitrogens with zero attached hydrogens (tertiary/aromatic N) is 2. The molecular weight excluding hydrogens is 326 g/mol. The summed E-state index contributed by atoms with van der Waals surface area (Å²) in [4.78, 5) is 29.3. The molecule has 2 aliphatic rings. The van der Waals surface area contributed by atoms with Crippen LogP contribution in [0.15, 0.2) is 30.3 Å². The third kappa shape index (κ3) is 5.07. The summed E-state index contributed by atoms with van der Waals surface area (Å²) in [6.45, 7) is 5.97. The Bertz CT molecular complexity index is 591. The van der Waals surface area contributed by atoms with Crippen molar-refractivity contribution in [3.8, 4) is 0 Å². The topological polar surface area (TPSA) is 52.7 Å². The number of amides is 2. The second kappa shape index (κ2) is 9.17. The van der Waals surface area contributed by atoms with Crippen LogP contribution in [-0.4, -0.2) is 53.8 Å². The van der Waals surface area contributed by atoms with Crippen molar-refractivity contribution in [2.75, 3.05) is 26.2 Å². The van der Waals surface area contributed by atoms with Gasteiger partial charge in [0.1, 0.15) is 6.04 Å². The van der Waals surface area contributed by atoms with Gasteiger partial charge in [-0.15, -0.1) is 0 Å². The molecule has 0 radical (unpaired) electrons. The molecule has 0 bridgehead atoms. The molecule has 142 valence electrons. The Kier molecular flexibility index (Phi) is 6.67. The summed E-state index contributed by atoms with van der Waals surface area (Å²) in [5.74, 6) is 0.212. The van der Waals surface area contributed by atoms with Gasteiger partial charge in [-0.05, 0) is 25.3 Å². The number of carbonyl (C=O) groups is 2. The normalized spacial score (nSPS) is 20.6.